The van der Waals surface area contributed by atoms with Crippen molar-refractivity contribution in [2.45, 2.75) is 0 Å². The van der Waals surface area contributed by atoms with Crippen LogP contribution in [-0.4, -0.2) is 28.1 Å². The maximum absolute atomic E-state index is 11.6. The summed E-state index contributed by atoms with van der Waals surface area (Å²) in [5, 5.41) is 21.7. The number of hydrogen-bond acceptors (Lipinski definition) is 6. The number of non-ortho nitro benzene ring substituents is 1. The fourth-order valence-electron chi connectivity index (χ4n) is 2.32. The zero-order valence-corrected chi connectivity index (χ0v) is 12.5. The van der Waals surface area contributed by atoms with Crippen molar-refractivity contribution >= 4 is 45.1 Å². The first kappa shape index (κ1) is 15.0. The molecule has 0 aliphatic carbocycles. The van der Waals surface area contributed by atoms with Crippen molar-refractivity contribution in [3.8, 4) is 5.75 Å². The predicted molar refractivity (Wildman–Crippen MR) is 83.9 cm³/mol. The minimum atomic E-state index is -0.616. The maximum atomic E-state index is 11.6. The summed E-state index contributed by atoms with van der Waals surface area (Å²) in [6.45, 7) is 0. The highest BCUT2D eigenvalue weighted by Crippen LogP contribution is 2.39. The van der Waals surface area contributed by atoms with Gasteiger partial charge in [-0.05, 0) is 24.3 Å². The molecule has 0 saturated heterocycles. The molecule has 8 heteroatoms. The number of methoxy groups -OCH3 is 1. The maximum Gasteiger partial charge on any atom is 0.337 e. The quantitative estimate of drug-likeness (QED) is 0.334. The molecule has 0 aliphatic heterocycles. The Morgan fingerprint density at radius 2 is 2.09 bits per heavy atom. The van der Waals surface area contributed by atoms with E-state index in [1.165, 1.54) is 25.3 Å². The monoisotopic (exact) mass is 332 g/mol. The molecule has 7 nitrogen and oxygen atoms in total. The lowest BCUT2D eigenvalue weighted by atomic mass is 10.1. The molecule has 0 bridgehead atoms. The Hall–Kier alpha value is -2.93. The van der Waals surface area contributed by atoms with Crippen LogP contribution < -0.4 is 0 Å². The van der Waals surface area contributed by atoms with E-state index in [0.29, 0.717) is 16.5 Å². The summed E-state index contributed by atoms with van der Waals surface area (Å²) in [7, 11) is 1.26. The largest absolute Gasteiger partial charge is 0.506 e. The van der Waals surface area contributed by atoms with Gasteiger partial charge in [0.05, 0.1) is 33.5 Å². The number of pyridine rings is 1. The summed E-state index contributed by atoms with van der Waals surface area (Å²) in [6, 6.07) is 7.14. The second kappa shape index (κ2) is 5.36. The number of nitro groups is 1. The van der Waals surface area contributed by atoms with Gasteiger partial charge >= 0.3 is 5.97 Å². The first-order valence-corrected chi connectivity index (χ1v) is 6.79. The highest BCUT2D eigenvalue weighted by atomic mass is 35.5. The standard InChI is InChI=1S/C15H9ClN2O5/c1-23-15(20)7-2-3-11-8(4-7)5-9-13(17-11)12(18(21)22)6-10(16)14(9)19/h2-6,19H,1H3. The van der Waals surface area contributed by atoms with Crippen molar-refractivity contribution in [1.29, 1.82) is 0 Å². The average Bonchev–Trinajstić information content (AvgIpc) is 2.55. The third-order valence-electron chi connectivity index (χ3n) is 3.42. The minimum absolute atomic E-state index is 0.0234. The van der Waals surface area contributed by atoms with E-state index < -0.39 is 10.9 Å². The number of benzene rings is 2. The van der Waals surface area contributed by atoms with Crippen molar-refractivity contribution in [2.24, 2.45) is 0 Å². The van der Waals surface area contributed by atoms with Crippen LogP contribution in [0.5, 0.6) is 5.75 Å². The summed E-state index contributed by atoms with van der Waals surface area (Å²) in [6.07, 6.45) is 0. The third-order valence-corrected chi connectivity index (χ3v) is 3.71. The molecule has 0 fully saturated rings. The lowest BCUT2D eigenvalue weighted by Gasteiger charge is -2.07. The minimum Gasteiger partial charge on any atom is -0.506 e. The predicted octanol–water partition coefficient (Wildman–Crippen LogP) is 3.44. The lowest BCUT2D eigenvalue weighted by Crippen LogP contribution is -2.01. The van der Waals surface area contributed by atoms with Crippen LogP contribution in [0.15, 0.2) is 30.3 Å². The molecule has 0 unspecified atom stereocenters. The van der Waals surface area contributed by atoms with Gasteiger partial charge in [-0.1, -0.05) is 11.6 Å². The first-order valence-electron chi connectivity index (χ1n) is 6.41. The van der Waals surface area contributed by atoms with Crippen LogP contribution in [0.2, 0.25) is 5.02 Å². The second-order valence-corrected chi connectivity index (χ2v) is 5.17. The van der Waals surface area contributed by atoms with Crippen molar-refractivity contribution in [3.63, 3.8) is 0 Å². The number of ether oxygens (including phenoxy) is 1. The fraction of sp³-hybridized carbons (Fsp3) is 0.0667. The average molecular weight is 333 g/mol. The zero-order chi connectivity index (χ0) is 16.7. The number of halogens is 1. The Morgan fingerprint density at radius 1 is 1.35 bits per heavy atom. The molecule has 0 radical (unpaired) electrons. The van der Waals surface area contributed by atoms with Gasteiger partial charge in [0.1, 0.15) is 5.75 Å². The third kappa shape index (κ3) is 2.40. The van der Waals surface area contributed by atoms with Gasteiger partial charge < -0.3 is 9.84 Å². The van der Waals surface area contributed by atoms with Crippen LogP contribution in [0.1, 0.15) is 10.4 Å². The van der Waals surface area contributed by atoms with E-state index in [-0.39, 0.29) is 27.4 Å². The van der Waals surface area contributed by atoms with Gasteiger partial charge in [0.2, 0.25) is 0 Å². The number of aromatic hydroxyl groups is 1. The lowest BCUT2D eigenvalue weighted by molar-refractivity contribution is -0.383. The van der Waals surface area contributed by atoms with E-state index in [0.717, 1.165) is 6.07 Å². The fourth-order valence-corrected chi connectivity index (χ4v) is 2.53. The molecule has 1 N–H and O–H groups in total. The second-order valence-electron chi connectivity index (χ2n) is 4.77. The van der Waals surface area contributed by atoms with E-state index in [1.54, 1.807) is 6.07 Å². The molecule has 1 heterocycles. The summed E-state index contributed by atoms with van der Waals surface area (Å²) in [5.41, 5.74) is 0.462. The van der Waals surface area contributed by atoms with Gasteiger partial charge in [-0.15, -0.1) is 0 Å². The summed E-state index contributed by atoms with van der Waals surface area (Å²) >= 11 is 5.84. The Morgan fingerprint density at radius 3 is 2.74 bits per heavy atom. The normalized spacial score (nSPS) is 10.9. The molecular weight excluding hydrogens is 324 g/mol. The highest BCUT2D eigenvalue weighted by molar-refractivity contribution is 6.33. The van der Waals surface area contributed by atoms with Crippen LogP contribution in [0.4, 0.5) is 5.69 Å². The van der Waals surface area contributed by atoms with Crippen LogP contribution in [-0.2, 0) is 4.74 Å². The van der Waals surface area contributed by atoms with Gasteiger partial charge in [0.25, 0.3) is 5.69 Å². The highest BCUT2D eigenvalue weighted by Gasteiger charge is 2.20. The van der Waals surface area contributed by atoms with Crippen LogP contribution >= 0.6 is 11.6 Å². The van der Waals surface area contributed by atoms with Crippen molar-refractivity contribution in [2.75, 3.05) is 7.11 Å². The number of fused-ring (bicyclic) bond motifs is 2. The van der Waals surface area contributed by atoms with E-state index in [1.807, 2.05) is 0 Å². The molecule has 116 valence electrons. The Balaban J connectivity index is 2.39. The number of phenols is 1. The Labute approximate surface area is 134 Å². The molecule has 0 amide bonds. The van der Waals surface area contributed by atoms with Crippen LogP contribution in [0.3, 0.4) is 0 Å². The number of nitrogens with zero attached hydrogens (tertiary/aromatic N) is 2. The molecule has 2 aromatic carbocycles. The van der Waals surface area contributed by atoms with Crippen LogP contribution in [0.25, 0.3) is 21.8 Å². The van der Waals surface area contributed by atoms with E-state index in [4.69, 9.17) is 11.6 Å². The van der Waals surface area contributed by atoms with Gasteiger partial charge in [-0.25, -0.2) is 9.78 Å². The van der Waals surface area contributed by atoms with E-state index in [9.17, 15) is 20.0 Å². The number of nitro benzene ring substituents is 1. The molecular formula is C15H9ClN2O5. The summed E-state index contributed by atoms with van der Waals surface area (Å²) in [5.74, 6) is -0.821. The SMILES string of the molecule is COC(=O)c1ccc2nc3c([N+](=O)[O-])cc(Cl)c(O)c3cc2c1. The molecule has 0 atom stereocenters. The Bertz CT molecular complexity index is 987. The number of hydrogen-bond donors (Lipinski definition) is 1. The summed E-state index contributed by atoms with van der Waals surface area (Å²) < 4.78 is 4.65. The molecule has 3 aromatic rings. The zero-order valence-electron chi connectivity index (χ0n) is 11.7. The molecule has 1 aromatic heterocycles. The number of phenolic OH excluding ortho intramolecular Hbond substituents is 1. The van der Waals surface area contributed by atoms with Crippen molar-refractivity contribution in [1.82, 2.24) is 4.98 Å². The smallest absolute Gasteiger partial charge is 0.337 e. The molecule has 0 aliphatic rings. The topological polar surface area (TPSA) is 103 Å². The molecule has 0 spiro atoms. The van der Waals surface area contributed by atoms with Crippen LogP contribution in [0, 0.1) is 10.1 Å². The number of carbonyl (C=O) groups is 1. The number of rotatable bonds is 2. The summed E-state index contributed by atoms with van der Waals surface area (Å²) in [4.78, 5) is 26.3. The van der Waals surface area contributed by atoms with Gasteiger partial charge in [0.15, 0.2) is 5.52 Å². The van der Waals surface area contributed by atoms with Gasteiger partial charge in [-0.2, -0.15) is 0 Å². The van der Waals surface area contributed by atoms with Crippen molar-refractivity contribution < 1.29 is 19.6 Å². The van der Waals surface area contributed by atoms with E-state index >= 15 is 0 Å². The number of esters is 1. The number of aromatic nitrogens is 1. The van der Waals surface area contributed by atoms with Crippen molar-refractivity contribution in [3.05, 3.63) is 51.0 Å². The van der Waals surface area contributed by atoms with Gasteiger partial charge in [-0.3, -0.25) is 10.1 Å². The molecule has 3 rings (SSSR count). The Kier molecular flexibility index (Phi) is 3.49. The molecule has 0 saturated carbocycles. The first-order chi connectivity index (χ1) is 10.9. The van der Waals surface area contributed by atoms with E-state index in [2.05, 4.69) is 9.72 Å². The molecule has 23 heavy (non-hydrogen) atoms. The van der Waals surface area contributed by atoms with Gasteiger partial charge in [0, 0.05) is 11.5 Å². The number of carbonyl (C=O) groups excluding carboxylic acids is 1.